The van der Waals surface area contributed by atoms with Gasteiger partial charge >= 0.3 is 0 Å². The Morgan fingerprint density at radius 2 is 1.88 bits per heavy atom. The average molecular weight is 373 g/mol. The zero-order valence-corrected chi connectivity index (χ0v) is 15.2. The lowest BCUT2D eigenvalue weighted by molar-refractivity contribution is 0.0771. The normalized spacial score (nSPS) is 19.8. The third-order valence-corrected chi connectivity index (χ3v) is 5.12. The predicted molar refractivity (Wildman–Crippen MR) is 99.9 cm³/mol. The fraction of sp³-hybridized carbons (Fsp3) is 0.421. The molecule has 1 aromatic heterocycles. The molecule has 0 radical (unpaired) electrons. The Balaban J connectivity index is 1.37. The van der Waals surface area contributed by atoms with Gasteiger partial charge in [-0.15, -0.1) is 0 Å². The molecule has 0 saturated carbocycles. The molecular formula is C19H21ClN4O2. The van der Waals surface area contributed by atoms with E-state index in [4.69, 9.17) is 16.3 Å². The summed E-state index contributed by atoms with van der Waals surface area (Å²) in [6, 6.07) is 8.88. The van der Waals surface area contributed by atoms with Crippen LogP contribution in [0.1, 0.15) is 29.6 Å². The first kappa shape index (κ1) is 17.1. The van der Waals surface area contributed by atoms with Gasteiger partial charge in [0.25, 0.3) is 5.91 Å². The van der Waals surface area contributed by atoms with E-state index in [9.17, 15) is 4.79 Å². The maximum Gasteiger partial charge on any atom is 0.253 e. The van der Waals surface area contributed by atoms with Crippen molar-refractivity contribution in [3.05, 3.63) is 47.2 Å². The monoisotopic (exact) mass is 372 g/mol. The van der Waals surface area contributed by atoms with E-state index >= 15 is 0 Å². The smallest absolute Gasteiger partial charge is 0.253 e. The van der Waals surface area contributed by atoms with Crippen LogP contribution in [0.5, 0.6) is 5.88 Å². The van der Waals surface area contributed by atoms with Gasteiger partial charge in [0.15, 0.2) is 0 Å². The van der Waals surface area contributed by atoms with E-state index in [-0.39, 0.29) is 12.0 Å². The Kier molecular flexibility index (Phi) is 4.93. The summed E-state index contributed by atoms with van der Waals surface area (Å²) in [6.45, 7) is 3.30. The summed E-state index contributed by atoms with van der Waals surface area (Å²) < 4.78 is 6.02. The summed E-state index contributed by atoms with van der Waals surface area (Å²) in [7, 11) is 0. The number of carbonyl (C=O) groups excluding carboxylic acids is 1. The SMILES string of the molecule is O=C(c1ccc(Cl)cc1)N1CCC(Oc2cc(N3CCCC3)ncn2)C1. The molecule has 1 amide bonds. The van der Waals surface area contributed by atoms with Crippen molar-refractivity contribution in [3.63, 3.8) is 0 Å². The Labute approximate surface area is 157 Å². The number of hydrogen-bond donors (Lipinski definition) is 0. The highest BCUT2D eigenvalue weighted by atomic mass is 35.5. The lowest BCUT2D eigenvalue weighted by atomic mass is 10.2. The molecule has 7 heteroatoms. The Bertz CT molecular complexity index is 777. The Morgan fingerprint density at radius 1 is 1.12 bits per heavy atom. The topological polar surface area (TPSA) is 58.6 Å². The molecule has 0 bridgehead atoms. The minimum atomic E-state index is -0.0485. The van der Waals surface area contributed by atoms with Crippen molar-refractivity contribution in [3.8, 4) is 5.88 Å². The van der Waals surface area contributed by atoms with Gasteiger partial charge in [0.05, 0.1) is 6.54 Å². The predicted octanol–water partition coefficient (Wildman–Crippen LogP) is 3.02. The zero-order chi connectivity index (χ0) is 17.9. The first-order valence-electron chi connectivity index (χ1n) is 8.97. The van der Waals surface area contributed by atoms with Crippen LogP contribution >= 0.6 is 11.6 Å². The number of carbonyl (C=O) groups is 1. The highest BCUT2D eigenvalue weighted by Crippen LogP contribution is 2.23. The van der Waals surface area contributed by atoms with Crippen LogP contribution < -0.4 is 9.64 Å². The molecule has 2 saturated heterocycles. The minimum absolute atomic E-state index is 0.00760. The molecule has 136 valence electrons. The van der Waals surface area contributed by atoms with Crippen LogP contribution in [0.25, 0.3) is 0 Å². The van der Waals surface area contributed by atoms with Gasteiger partial charge < -0.3 is 14.5 Å². The van der Waals surface area contributed by atoms with Crippen molar-refractivity contribution in [1.82, 2.24) is 14.9 Å². The highest BCUT2D eigenvalue weighted by molar-refractivity contribution is 6.30. The first-order chi connectivity index (χ1) is 12.7. The van der Waals surface area contributed by atoms with Crippen molar-refractivity contribution < 1.29 is 9.53 Å². The van der Waals surface area contributed by atoms with Gasteiger partial charge in [-0.3, -0.25) is 4.79 Å². The van der Waals surface area contributed by atoms with E-state index in [0.29, 0.717) is 29.6 Å². The molecule has 6 nitrogen and oxygen atoms in total. The van der Waals surface area contributed by atoms with Crippen LogP contribution in [0.15, 0.2) is 36.7 Å². The average Bonchev–Trinajstić information content (AvgIpc) is 3.34. The van der Waals surface area contributed by atoms with Gasteiger partial charge in [-0.25, -0.2) is 9.97 Å². The Hall–Kier alpha value is -2.34. The quantitative estimate of drug-likeness (QED) is 0.825. The number of aromatic nitrogens is 2. The summed E-state index contributed by atoms with van der Waals surface area (Å²) in [5, 5.41) is 0.627. The van der Waals surface area contributed by atoms with Crippen molar-refractivity contribution in [2.45, 2.75) is 25.4 Å². The molecule has 1 unspecified atom stereocenters. The van der Waals surface area contributed by atoms with E-state index in [2.05, 4.69) is 14.9 Å². The van der Waals surface area contributed by atoms with E-state index in [1.807, 2.05) is 11.0 Å². The van der Waals surface area contributed by atoms with Gasteiger partial charge in [0, 0.05) is 42.7 Å². The fourth-order valence-electron chi connectivity index (χ4n) is 3.47. The van der Waals surface area contributed by atoms with Gasteiger partial charge in [-0.1, -0.05) is 11.6 Å². The van der Waals surface area contributed by atoms with Crippen LogP contribution in [0.3, 0.4) is 0 Å². The van der Waals surface area contributed by atoms with E-state index in [1.165, 1.54) is 12.8 Å². The number of anilines is 1. The largest absolute Gasteiger partial charge is 0.472 e. The number of benzene rings is 1. The Morgan fingerprint density at radius 3 is 2.65 bits per heavy atom. The van der Waals surface area contributed by atoms with Crippen LogP contribution in [0.4, 0.5) is 5.82 Å². The van der Waals surface area contributed by atoms with Crippen molar-refractivity contribution in [2.75, 3.05) is 31.1 Å². The second-order valence-corrected chi connectivity index (χ2v) is 7.13. The van der Waals surface area contributed by atoms with Crippen LogP contribution in [-0.4, -0.2) is 53.1 Å². The maximum absolute atomic E-state index is 12.6. The lowest BCUT2D eigenvalue weighted by Crippen LogP contribution is -2.31. The number of hydrogen-bond acceptors (Lipinski definition) is 5. The molecule has 2 aliphatic rings. The number of likely N-dealkylation sites (tertiary alicyclic amines) is 1. The molecule has 2 aliphatic heterocycles. The summed E-state index contributed by atoms with van der Waals surface area (Å²) in [5.41, 5.74) is 0.647. The third-order valence-electron chi connectivity index (χ3n) is 4.87. The van der Waals surface area contributed by atoms with Crippen molar-refractivity contribution >= 4 is 23.3 Å². The van der Waals surface area contributed by atoms with Crippen LogP contribution in [0.2, 0.25) is 5.02 Å². The van der Waals surface area contributed by atoms with Gasteiger partial charge in [0.1, 0.15) is 18.2 Å². The first-order valence-corrected chi connectivity index (χ1v) is 9.35. The minimum Gasteiger partial charge on any atom is -0.472 e. The van der Waals surface area contributed by atoms with Crippen molar-refractivity contribution in [1.29, 1.82) is 0 Å². The second kappa shape index (κ2) is 7.50. The summed E-state index contributed by atoms with van der Waals surface area (Å²) in [5.74, 6) is 1.50. The number of amides is 1. The second-order valence-electron chi connectivity index (χ2n) is 6.70. The summed E-state index contributed by atoms with van der Waals surface area (Å²) >= 11 is 5.89. The lowest BCUT2D eigenvalue weighted by Gasteiger charge is -2.19. The molecule has 2 fully saturated rings. The molecule has 0 spiro atoms. The van der Waals surface area contributed by atoms with Gasteiger partial charge in [0.2, 0.25) is 5.88 Å². The highest BCUT2D eigenvalue weighted by Gasteiger charge is 2.28. The molecular weight excluding hydrogens is 352 g/mol. The molecule has 2 aromatic rings. The fourth-order valence-corrected chi connectivity index (χ4v) is 3.59. The number of nitrogens with zero attached hydrogens (tertiary/aromatic N) is 4. The summed E-state index contributed by atoms with van der Waals surface area (Å²) in [6.07, 6.45) is 4.69. The van der Waals surface area contributed by atoms with E-state index in [1.54, 1.807) is 30.6 Å². The van der Waals surface area contributed by atoms with Crippen LogP contribution in [-0.2, 0) is 0 Å². The number of ether oxygens (including phenoxy) is 1. The van der Waals surface area contributed by atoms with Crippen LogP contribution in [0, 0.1) is 0 Å². The van der Waals surface area contributed by atoms with E-state index in [0.717, 1.165) is 25.3 Å². The molecule has 3 heterocycles. The number of rotatable bonds is 4. The summed E-state index contributed by atoms with van der Waals surface area (Å²) in [4.78, 5) is 25.2. The zero-order valence-electron chi connectivity index (χ0n) is 14.5. The molecule has 0 N–H and O–H groups in total. The third kappa shape index (κ3) is 3.75. The molecule has 4 rings (SSSR count). The van der Waals surface area contributed by atoms with Crippen molar-refractivity contribution in [2.24, 2.45) is 0 Å². The molecule has 1 aromatic carbocycles. The van der Waals surface area contributed by atoms with Gasteiger partial charge in [-0.2, -0.15) is 0 Å². The molecule has 0 aliphatic carbocycles. The van der Waals surface area contributed by atoms with Gasteiger partial charge in [-0.05, 0) is 37.1 Å². The maximum atomic E-state index is 12.6. The standard InChI is InChI=1S/C19H21ClN4O2/c20-15-5-3-14(4-6-15)19(25)24-10-7-16(12-24)26-18-11-17(21-13-22-18)23-8-1-2-9-23/h3-6,11,13,16H,1-2,7-10,12H2. The number of halogens is 1. The van der Waals surface area contributed by atoms with E-state index < -0.39 is 0 Å². The molecule has 26 heavy (non-hydrogen) atoms. The molecule has 1 atom stereocenters.